The van der Waals surface area contributed by atoms with E-state index in [1.807, 2.05) is 35.2 Å². The zero-order chi connectivity index (χ0) is 13.9. The first-order chi connectivity index (χ1) is 9.79. The molecule has 0 N–H and O–H groups in total. The molecule has 4 heteroatoms. The summed E-state index contributed by atoms with van der Waals surface area (Å²) in [5.74, 6) is 1.75. The molecule has 1 amide bonds. The summed E-state index contributed by atoms with van der Waals surface area (Å²) in [7, 11) is 1.65. The summed E-state index contributed by atoms with van der Waals surface area (Å²) in [6.45, 7) is 1.95. The number of carbonyl (C=O) groups excluding carboxylic acids is 1. The van der Waals surface area contributed by atoms with Crippen LogP contribution in [-0.2, 0) is 16.1 Å². The highest BCUT2D eigenvalue weighted by Gasteiger charge is 2.55. The number of hydrogen-bond acceptors (Lipinski definition) is 3. The number of amides is 1. The molecule has 0 bridgehead atoms. The van der Waals surface area contributed by atoms with Gasteiger partial charge in [0.2, 0.25) is 0 Å². The van der Waals surface area contributed by atoms with Crippen molar-refractivity contribution in [3.05, 3.63) is 48.2 Å². The van der Waals surface area contributed by atoms with E-state index in [1.54, 1.807) is 13.4 Å². The van der Waals surface area contributed by atoms with Crippen LogP contribution in [0.4, 0.5) is 4.79 Å². The number of likely N-dealkylation sites (tertiary alicyclic amines) is 1. The van der Waals surface area contributed by atoms with Crippen LogP contribution in [-0.4, -0.2) is 31.2 Å². The predicted molar refractivity (Wildman–Crippen MR) is 74.8 cm³/mol. The van der Waals surface area contributed by atoms with E-state index in [9.17, 15) is 4.79 Å². The molecule has 2 atom stereocenters. The highest BCUT2D eigenvalue weighted by atomic mass is 16.6. The molecule has 1 aromatic carbocycles. The fourth-order valence-electron chi connectivity index (χ4n) is 2.99. The van der Waals surface area contributed by atoms with E-state index in [0.717, 1.165) is 18.7 Å². The van der Waals surface area contributed by atoms with Crippen LogP contribution in [0.2, 0.25) is 0 Å². The molecule has 106 valence electrons. The maximum atomic E-state index is 12.0. The lowest BCUT2D eigenvalue weighted by Gasteiger charge is -2.18. The van der Waals surface area contributed by atoms with Gasteiger partial charge in [0, 0.05) is 13.1 Å². The van der Waals surface area contributed by atoms with Crippen molar-refractivity contribution in [1.82, 2.24) is 4.90 Å². The number of fused-ring (bicyclic) bond motifs is 1. The Bertz CT molecular complexity index is 488. The molecule has 0 radical (unpaired) electrons. The Morgan fingerprint density at radius 3 is 2.65 bits per heavy atom. The third kappa shape index (κ3) is 2.64. The molecule has 1 aromatic rings. The van der Waals surface area contributed by atoms with Gasteiger partial charge < -0.3 is 14.4 Å². The van der Waals surface area contributed by atoms with Gasteiger partial charge in [-0.3, -0.25) is 0 Å². The summed E-state index contributed by atoms with van der Waals surface area (Å²) in [4.78, 5) is 13.8. The van der Waals surface area contributed by atoms with E-state index in [0.29, 0.717) is 24.4 Å². The quantitative estimate of drug-likeness (QED) is 0.792. The minimum absolute atomic E-state index is 0.199. The molecule has 0 aromatic heterocycles. The maximum Gasteiger partial charge on any atom is 0.410 e. The van der Waals surface area contributed by atoms with Crippen LogP contribution in [0.3, 0.4) is 0 Å². The summed E-state index contributed by atoms with van der Waals surface area (Å²) in [6.07, 6.45) is 3.64. The van der Waals surface area contributed by atoms with Crippen molar-refractivity contribution in [2.24, 2.45) is 17.8 Å². The van der Waals surface area contributed by atoms with Crippen molar-refractivity contribution < 1.29 is 14.3 Å². The van der Waals surface area contributed by atoms with Crippen molar-refractivity contribution in [3.8, 4) is 0 Å². The van der Waals surface area contributed by atoms with E-state index >= 15 is 0 Å². The van der Waals surface area contributed by atoms with Gasteiger partial charge in [-0.2, -0.15) is 0 Å². The van der Waals surface area contributed by atoms with Crippen LogP contribution >= 0.6 is 0 Å². The number of nitrogens with zero attached hydrogens (tertiary/aromatic N) is 1. The average molecular weight is 273 g/mol. The molecule has 2 fully saturated rings. The third-order valence-corrected chi connectivity index (χ3v) is 4.16. The van der Waals surface area contributed by atoms with Gasteiger partial charge in [0.25, 0.3) is 0 Å². The van der Waals surface area contributed by atoms with Gasteiger partial charge in [-0.1, -0.05) is 30.3 Å². The lowest BCUT2D eigenvalue weighted by Crippen LogP contribution is -2.31. The van der Waals surface area contributed by atoms with Crippen LogP contribution in [0.25, 0.3) is 0 Å². The smallest absolute Gasteiger partial charge is 0.410 e. The number of methoxy groups -OCH3 is 1. The van der Waals surface area contributed by atoms with Crippen LogP contribution in [0, 0.1) is 17.8 Å². The number of allylic oxidation sites excluding steroid dienone is 1. The highest BCUT2D eigenvalue weighted by Crippen LogP contribution is 2.52. The first kappa shape index (κ1) is 13.0. The maximum absolute atomic E-state index is 12.0. The highest BCUT2D eigenvalue weighted by molar-refractivity contribution is 5.68. The summed E-state index contributed by atoms with van der Waals surface area (Å²) < 4.78 is 10.3. The zero-order valence-corrected chi connectivity index (χ0v) is 11.6. The Kier molecular flexibility index (Phi) is 3.63. The van der Waals surface area contributed by atoms with Crippen molar-refractivity contribution in [3.63, 3.8) is 0 Å². The molecule has 1 saturated heterocycles. The van der Waals surface area contributed by atoms with Crippen LogP contribution < -0.4 is 0 Å². The molecule has 3 rings (SSSR count). The second-order valence-corrected chi connectivity index (χ2v) is 5.41. The summed E-state index contributed by atoms with van der Waals surface area (Å²) in [5, 5.41) is 0. The Morgan fingerprint density at radius 1 is 1.30 bits per heavy atom. The molecule has 20 heavy (non-hydrogen) atoms. The Balaban J connectivity index is 1.44. The predicted octanol–water partition coefficient (Wildman–Crippen LogP) is 2.66. The van der Waals surface area contributed by atoms with E-state index in [-0.39, 0.29) is 6.09 Å². The van der Waals surface area contributed by atoms with Gasteiger partial charge in [0.15, 0.2) is 0 Å². The van der Waals surface area contributed by atoms with Crippen LogP contribution in [0.5, 0.6) is 0 Å². The van der Waals surface area contributed by atoms with Gasteiger partial charge in [-0.15, -0.1) is 0 Å². The Labute approximate surface area is 119 Å². The molecule has 2 unspecified atom stereocenters. The van der Waals surface area contributed by atoms with Gasteiger partial charge in [-0.05, 0) is 29.4 Å². The lowest BCUT2D eigenvalue weighted by atomic mass is 10.2. The Morgan fingerprint density at radius 2 is 2.00 bits per heavy atom. The minimum atomic E-state index is -0.199. The van der Waals surface area contributed by atoms with E-state index in [1.165, 1.54) is 0 Å². The van der Waals surface area contributed by atoms with Crippen molar-refractivity contribution >= 4 is 6.09 Å². The van der Waals surface area contributed by atoms with Crippen molar-refractivity contribution in [2.45, 2.75) is 6.61 Å². The van der Waals surface area contributed by atoms with E-state index in [2.05, 4.69) is 6.08 Å². The molecule has 4 nitrogen and oxygen atoms in total. The monoisotopic (exact) mass is 273 g/mol. The van der Waals surface area contributed by atoms with Crippen LogP contribution in [0.1, 0.15) is 5.56 Å². The molecular weight excluding hydrogens is 254 g/mol. The molecule has 1 heterocycles. The molecule has 0 spiro atoms. The van der Waals surface area contributed by atoms with Crippen LogP contribution in [0.15, 0.2) is 42.7 Å². The third-order valence-electron chi connectivity index (χ3n) is 4.16. The second kappa shape index (κ2) is 5.57. The standard InChI is InChI=1S/C16H19NO3/c1-19-8-7-13-14-9-17(10-15(13)14)16(18)20-11-12-5-3-2-4-6-12/h2-8,13-15H,9-11H2,1H3/b8-7+. The first-order valence-corrected chi connectivity index (χ1v) is 6.94. The first-order valence-electron chi connectivity index (χ1n) is 6.94. The zero-order valence-electron chi connectivity index (χ0n) is 11.6. The summed E-state index contributed by atoms with van der Waals surface area (Å²) in [5.41, 5.74) is 1.02. The van der Waals surface area contributed by atoms with Crippen molar-refractivity contribution in [1.29, 1.82) is 0 Å². The summed E-state index contributed by atoms with van der Waals surface area (Å²) in [6, 6.07) is 9.76. The van der Waals surface area contributed by atoms with Gasteiger partial charge in [0.1, 0.15) is 6.61 Å². The fourth-order valence-corrected chi connectivity index (χ4v) is 2.99. The number of piperidine rings is 1. The molecule has 2 aliphatic rings. The number of ether oxygens (including phenoxy) is 2. The average Bonchev–Trinajstić information content (AvgIpc) is 2.93. The second-order valence-electron chi connectivity index (χ2n) is 5.41. The number of rotatable bonds is 4. The SMILES string of the molecule is CO/C=C/C1C2CN(C(=O)OCc3ccccc3)CC12. The lowest BCUT2D eigenvalue weighted by molar-refractivity contribution is 0.0994. The van der Waals surface area contributed by atoms with Crippen molar-refractivity contribution in [2.75, 3.05) is 20.2 Å². The fraction of sp³-hybridized carbons (Fsp3) is 0.438. The molecule has 1 aliphatic carbocycles. The number of hydrogen-bond donors (Lipinski definition) is 0. The topological polar surface area (TPSA) is 38.8 Å². The normalized spacial score (nSPS) is 27.4. The van der Waals surface area contributed by atoms with E-state index < -0.39 is 0 Å². The summed E-state index contributed by atoms with van der Waals surface area (Å²) >= 11 is 0. The van der Waals surface area contributed by atoms with Gasteiger partial charge in [-0.25, -0.2) is 4.79 Å². The molecule has 1 aliphatic heterocycles. The molecular formula is C16H19NO3. The van der Waals surface area contributed by atoms with E-state index in [4.69, 9.17) is 9.47 Å². The number of carbonyl (C=O) groups is 1. The van der Waals surface area contributed by atoms with Gasteiger partial charge in [0.05, 0.1) is 13.4 Å². The molecule has 1 saturated carbocycles. The van der Waals surface area contributed by atoms with Gasteiger partial charge >= 0.3 is 6.09 Å². The Hall–Kier alpha value is -1.97. The largest absolute Gasteiger partial charge is 0.505 e. The minimum Gasteiger partial charge on any atom is -0.505 e. The number of benzene rings is 1.